The minimum atomic E-state index is 0.331. The largest absolute Gasteiger partial charge is 0.327 e. The van der Waals surface area contributed by atoms with Crippen molar-refractivity contribution >= 4 is 6.29 Å². The van der Waals surface area contributed by atoms with Crippen molar-refractivity contribution in [2.75, 3.05) is 14.1 Å². The van der Waals surface area contributed by atoms with E-state index in [-0.39, 0.29) is 0 Å². The van der Waals surface area contributed by atoms with Crippen molar-refractivity contribution in [2.24, 2.45) is 5.73 Å². The molecule has 7 nitrogen and oxygen atoms in total. The van der Waals surface area contributed by atoms with Crippen molar-refractivity contribution in [3.8, 4) is 0 Å². The number of aryl methyl sites for hydroxylation is 2. The van der Waals surface area contributed by atoms with Crippen LogP contribution in [-0.2, 0) is 45.3 Å². The van der Waals surface area contributed by atoms with E-state index in [1.165, 1.54) is 45.6 Å². The zero-order chi connectivity index (χ0) is 30.3. The predicted molar refractivity (Wildman–Crippen MR) is 175 cm³/mol. The SMILES string of the molecule is CNCc1ccc(C=O)cc1.CNCc1ccc(CNC2CCc3cccnc3C2)cc1.NC1CCc2cccnc2C1. The summed E-state index contributed by atoms with van der Waals surface area (Å²) in [5.41, 5.74) is 15.7. The molecule has 0 spiro atoms. The number of aromatic nitrogens is 2. The first-order valence-corrected chi connectivity index (χ1v) is 15.3. The molecule has 0 fully saturated rings. The van der Waals surface area contributed by atoms with E-state index >= 15 is 0 Å². The fraction of sp³-hybridized carbons (Fsp3) is 0.361. The average molecular weight is 579 g/mol. The molecular formula is C36H46N6O. The smallest absolute Gasteiger partial charge is 0.150 e. The first-order valence-electron chi connectivity index (χ1n) is 15.3. The zero-order valence-corrected chi connectivity index (χ0v) is 25.6. The minimum absolute atomic E-state index is 0.331. The molecule has 2 heterocycles. The van der Waals surface area contributed by atoms with E-state index in [0.717, 1.165) is 63.6 Å². The molecule has 7 heteroatoms. The van der Waals surface area contributed by atoms with Crippen molar-refractivity contribution in [2.45, 2.75) is 70.2 Å². The number of carbonyl (C=O) groups is 1. The van der Waals surface area contributed by atoms with Gasteiger partial charge in [-0.25, -0.2) is 0 Å². The van der Waals surface area contributed by atoms with Crippen LogP contribution in [0.3, 0.4) is 0 Å². The first kappa shape index (κ1) is 32.2. The predicted octanol–water partition coefficient (Wildman–Crippen LogP) is 4.56. The summed E-state index contributed by atoms with van der Waals surface area (Å²) in [5.74, 6) is 0. The molecule has 2 atom stereocenters. The van der Waals surface area contributed by atoms with Crippen LogP contribution in [0, 0.1) is 0 Å². The summed E-state index contributed by atoms with van der Waals surface area (Å²) in [6.45, 7) is 2.71. The number of hydrogen-bond donors (Lipinski definition) is 4. The molecule has 0 saturated heterocycles. The van der Waals surface area contributed by atoms with E-state index in [4.69, 9.17) is 5.73 Å². The van der Waals surface area contributed by atoms with Crippen LogP contribution in [0.25, 0.3) is 0 Å². The topological polar surface area (TPSA) is 105 Å². The summed E-state index contributed by atoms with van der Waals surface area (Å²) in [5, 5.41) is 9.88. The number of nitrogens with one attached hydrogen (secondary N) is 3. The Bertz CT molecular complexity index is 1390. The summed E-state index contributed by atoms with van der Waals surface area (Å²) in [4.78, 5) is 19.1. The van der Waals surface area contributed by atoms with E-state index < -0.39 is 0 Å². The number of benzene rings is 2. The standard InChI is InChI=1S/C18H23N3.C9H12N2.C9H11NO/c1-19-12-14-4-6-15(7-5-14)13-21-17-9-8-16-3-2-10-20-18(16)11-17;10-8-4-3-7-2-1-5-11-9(7)6-8;1-10-6-8-2-4-9(7-11)5-3-8/h2-7,10,17,19,21H,8-9,11-13H2,1H3;1-2,5,8H,3-4,6,10H2;2-5,7,10H,6H2,1H3. The first-order chi connectivity index (χ1) is 21.1. The van der Waals surface area contributed by atoms with E-state index in [2.05, 4.69) is 62.3 Å². The van der Waals surface area contributed by atoms with Gasteiger partial charge in [-0.1, -0.05) is 60.7 Å². The van der Waals surface area contributed by atoms with Crippen molar-refractivity contribution in [1.82, 2.24) is 25.9 Å². The lowest BCUT2D eigenvalue weighted by atomic mass is 9.92. The molecule has 0 aliphatic heterocycles. The molecule has 2 aliphatic carbocycles. The number of pyridine rings is 2. The number of fused-ring (bicyclic) bond motifs is 2. The summed E-state index contributed by atoms with van der Waals surface area (Å²) in [6.07, 6.45) is 11.2. The summed E-state index contributed by atoms with van der Waals surface area (Å²) in [6, 6.07) is 25.6. The molecule has 2 aromatic carbocycles. The van der Waals surface area contributed by atoms with Crippen LogP contribution in [-0.4, -0.2) is 42.4 Å². The summed E-state index contributed by atoms with van der Waals surface area (Å²) >= 11 is 0. The van der Waals surface area contributed by atoms with Gasteiger partial charge in [0.05, 0.1) is 0 Å². The normalized spacial score (nSPS) is 16.8. The van der Waals surface area contributed by atoms with Crippen LogP contribution in [0.4, 0.5) is 0 Å². The van der Waals surface area contributed by atoms with Gasteiger partial charge in [-0.15, -0.1) is 0 Å². The number of rotatable bonds is 8. The molecule has 0 radical (unpaired) electrons. The fourth-order valence-electron chi connectivity index (χ4n) is 5.46. The second kappa shape index (κ2) is 17.4. The third kappa shape index (κ3) is 10.5. The molecule has 4 aromatic rings. The number of hydrogen-bond acceptors (Lipinski definition) is 7. The molecule has 226 valence electrons. The number of nitrogens with zero attached hydrogens (tertiary/aromatic N) is 2. The third-order valence-corrected chi connectivity index (χ3v) is 7.91. The van der Waals surface area contributed by atoms with Gasteiger partial charge < -0.3 is 21.7 Å². The fourth-order valence-corrected chi connectivity index (χ4v) is 5.46. The molecule has 2 aliphatic rings. The molecular weight excluding hydrogens is 532 g/mol. The quantitative estimate of drug-likeness (QED) is 0.227. The van der Waals surface area contributed by atoms with Gasteiger partial charge in [0, 0.05) is 73.9 Å². The summed E-state index contributed by atoms with van der Waals surface area (Å²) in [7, 11) is 3.87. The lowest BCUT2D eigenvalue weighted by Gasteiger charge is -2.24. The molecule has 0 amide bonds. The molecule has 2 unspecified atom stereocenters. The lowest BCUT2D eigenvalue weighted by molar-refractivity contribution is 0.112. The van der Waals surface area contributed by atoms with Gasteiger partial charge in [0.1, 0.15) is 6.29 Å². The van der Waals surface area contributed by atoms with Gasteiger partial charge in [0.15, 0.2) is 0 Å². The molecule has 0 bridgehead atoms. The zero-order valence-electron chi connectivity index (χ0n) is 25.6. The Kier molecular flexibility index (Phi) is 13.0. The highest BCUT2D eigenvalue weighted by atomic mass is 16.1. The van der Waals surface area contributed by atoms with Gasteiger partial charge in [-0.3, -0.25) is 14.8 Å². The highest BCUT2D eigenvalue weighted by Crippen LogP contribution is 2.20. The highest BCUT2D eigenvalue weighted by Gasteiger charge is 2.18. The van der Waals surface area contributed by atoms with Crippen molar-refractivity contribution in [3.63, 3.8) is 0 Å². The maximum atomic E-state index is 10.3. The van der Waals surface area contributed by atoms with Crippen LogP contribution in [0.15, 0.2) is 85.2 Å². The second-order valence-electron chi connectivity index (χ2n) is 11.3. The Labute approximate surface area is 256 Å². The number of aldehydes is 1. The van der Waals surface area contributed by atoms with Crippen LogP contribution in [0.5, 0.6) is 0 Å². The van der Waals surface area contributed by atoms with E-state index in [1.807, 2.05) is 62.9 Å². The monoisotopic (exact) mass is 578 g/mol. The lowest BCUT2D eigenvalue weighted by Crippen LogP contribution is -2.34. The third-order valence-electron chi connectivity index (χ3n) is 7.91. The highest BCUT2D eigenvalue weighted by molar-refractivity contribution is 5.74. The van der Waals surface area contributed by atoms with Crippen molar-refractivity contribution in [1.29, 1.82) is 0 Å². The Morgan fingerprint density at radius 2 is 1.23 bits per heavy atom. The average Bonchev–Trinajstić information content (AvgIpc) is 3.05. The van der Waals surface area contributed by atoms with Crippen LogP contribution >= 0.6 is 0 Å². The van der Waals surface area contributed by atoms with Gasteiger partial charge in [-0.2, -0.15) is 0 Å². The van der Waals surface area contributed by atoms with Gasteiger partial charge in [0.2, 0.25) is 0 Å². The Morgan fingerprint density at radius 1 is 0.721 bits per heavy atom. The maximum absolute atomic E-state index is 10.3. The van der Waals surface area contributed by atoms with E-state index in [1.54, 1.807) is 0 Å². The Hall–Kier alpha value is -3.75. The van der Waals surface area contributed by atoms with Gasteiger partial charge in [0.25, 0.3) is 0 Å². The molecule has 6 rings (SSSR count). The molecule has 2 aromatic heterocycles. The second-order valence-corrected chi connectivity index (χ2v) is 11.3. The van der Waals surface area contributed by atoms with Crippen molar-refractivity contribution in [3.05, 3.63) is 130 Å². The Balaban J connectivity index is 0.000000162. The van der Waals surface area contributed by atoms with Crippen molar-refractivity contribution < 1.29 is 4.79 Å². The molecule has 0 saturated carbocycles. The molecule has 43 heavy (non-hydrogen) atoms. The minimum Gasteiger partial charge on any atom is -0.327 e. The van der Waals surface area contributed by atoms with E-state index in [0.29, 0.717) is 12.1 Å². The van der Waals surface area contributed by atoms with Gasteiger partial charge >= 0.3 is 0 Å². The number of carbonyl (C=O) groups excluding carboxylic acids is 1. The van der Waals surface area contributed by atoms with Crippen LogP contribution in [0.2, 0.25) is 0 Å². The van der Waals surface area contributed by atoms with E-state index in [9.17, 15) is 4.79 Å². The number of nitrogens with two attached hydrogens (primary N) is 1. The van der Waals surface area contributed by atoms with Crippen LogP contribution in [0.1, 0.15) is 62.4 Å². The van der Waals surface area contributed by atoms with Crippen LogP contribution < -0.4 is 21.7 Å². The molecule has 5 N–H and O–H groups in total. The Morgan fingerprint density at radius 3 is 1.79 bits per heavy atom. The van der Waals surface area contributed by atoms with Gasteiger partial charge in [-0.05, 0) is 79.7 Å². The maximum Gasteiger partial charge on any atom is 0.150 e. The summed E-state index contributed by atoms with van der Waals surface area (Å²) < 4.78 is 0.